The van der Waals surface area contributed by atoms with Crippen molar-refractivity contribution >= 4 is 0 Å². The van der Waals surface area contributed by atoms with Crippen LogP contribution < -0.4 is 0 Å². The Labute approximate surface area is 71.5 Å². The van der Waals surface area contributed by atoms with E-state index in [2.05, 4.69) is 0 Å². The van der Waals surface area contributed by atoms with Crippen LogP contribution in [0.3, 0.4) is 0 Å². The minimum atomic E-state index is -5.71. The number of alkyl halides is 4. The number of hydrogen-bond acceptors (Lipinski definition) is 0. The molecule has 0 N–H and O–H groups in total. The van der Waals surface area contributed by atoms with Gasteiger partial charge in [0.05, 0.1) is 0 Å². The molecule has 1 aliphatic carbocycles. The Bertz CT molecular complexity index is 302. The van der Waals surface area contributed by atoms with Gasteiger partial charge in [-0.3, -0.25) is 0 Å². The standard InChI is InChI=1S/C6F8/c7-1-2(8)4(10)6(13,14)5(11,12)3(1)9. The number of allylic oxidation sites excluding steroid dienone is 4. The quantitative estimate of drug-likeness (QED) is 0.551. The van der Waals surface area contributed by atoms with Crippen LogP contribution in [0.2, 0.25) is 0 Å². The first kappa shape index (κ1) is 11.0. The maximum Gasteiger partial charge on any atom is 0.370 e. The van der Waals surface area contributed by atoms with Crippen LogP contribution in [-0.4, -0.2) is 11.8 Å². The van der Waals surface area contributed by atoms with Crippen molar-refractivity contribution in [1.82, 2.24) is 0 Å². The summed E-state index contributed by atoms with van der Waals surface area (Å²) in [4.78, 5) is 0. The molecule has 1 rings (SSSR count). The molecule has 0 saturated carbocycles. The summed E-state index contributed by atoms with van der Waals surface area (Å²) in [5.74, 6) is -24.0. The number of halogens is 8. The van der Waals surface area contributed by atoms with Crippen molar-refractivity contribution in [3.05, 3.63) is 23.3 Å². The summed E-state index contributed by atoms with van der Waals surface area (Å²) in [5.41, 5.74) is 0. The molecule has 0 heterocycles. The van der Waals surface area contributed by atoms with Crippen LogP contribution >= 0.6 is 0 Å². The highest BCUT2D eigenvalue weighted by Gasteiger charge is 2.68. The second kappa shape index (κ2) is 2.71. The average Bonchev–Trinajstić information content (AvgIpc) is 2.10. The Morgan fingerprint density at radius 2 is 0.786 bits per heavy atom. The van der Waals surface area contributed by atoms with E-state index in [1.165, 1.54) is 0 Å². The molecule has 0 amide bonds. The smallest absolute Gasteiger partial charge is 0.201 e. The molecular formula is C6F8. The third-order valence-electron chi connectivity index (χ3n) is 1.52. The van der Waals surface area contributed by atoms with E-state index < -0.39 is 35.2 Å². The topological polar surface area (TPSA) is 0 Å². The summed E-state index contributed by atoms with van der Waals surface area (Å²) in [7, 11) is 0. The number of hydrogen-bond donors (Lipinski definition) is 0. The molecule has 0 atom stereocenters. The van der Waals surface area contributed by atoms with Crippen molar-refractivity contribution in [2.75, 3.05) is 0 Å². The number of rotatable bonds is 0. The summed E-state index contributed by atoms with van der Waals surface area (Å²) >= 11 is 0. The first-order valence-corrected chi connectivity index (χ1v) is 3.01. The van der Waals surface area contributed by atoms with Crippen molar-refractivity contribution in [1.29, 1.82) is 0 Å². The monoisotopic (exact) mass is 224 g/mol. The van der Waals surface area contributed by atoms with Crippen molar-refractivity contribution in [2.45, 2.75) is 11.8 Å². The average molecular weight is 224 g/mol. The molecule has 0 radical (unpaired) electrons. The molecule has 0 aromatic heterocycles. The second-order valence-electron chi connectivity index (χ2n) is 2.40. The van der Waals surface area contributed by atoms with Gasteiger partial charge in [0, 0.05) is 0 Å². The van der Waals surface area contributed by atoms with Gasteiger partial charge in [0.25, 0.3) is 0 Å². The Kier molecular flexibility index (Phi) is 2.13. The predicted octanol–water partition coefficient (Wildman–Crippen LogP) is 3.57. The molecule has 0 aliphatic heterocycles. The zero-order valence-electron chi connectivity index (χ0n) is 6.02. The van der Waals surface area contributed by atoms with E-state index in [1.54, 1.807) is 0 Å². The van der Waals surface area contributed by atoms with Crippen molar-refractivity contribution in [2.24, 2.45) is 0 Å². The van der Waals surface area contributed by atoms with Crippen molar-refractivity contribution in [3.8, 4) is 0 Å². The molecule has 0 bridgehead atoms. The minimum Gasteiger partial charge on any atom is -0.201 e. The first-order chi connectivity index (χ1) is 6.14. The normalized spacial score (nSPS) is 25.7. The highest BCUT2D eigenvalue weighted by atomic mass is 19.3. The molecule has 80 valence electrons. The summed E-state index contributed by atoms with van der Waals surface area (Å²) in [6.45, 7) is 0. The Morgan fingerprint density at radius 1 is 0.571 bits per heavy atom. The van der Waals surface area contributed by atoms with Crippen LogP contribution in [0.4, 0.5) is 35.1 Å². The Hall–Kier alpha value is -1.08. The lowest BCUT2D eigenvalue weighted by Gasteiger charge is -2.26. The van der Waals surface area contributed by atoms with Crippen LogP contribution in [0.15, 0.2) is 23.3 Å². The van der Waals surface area contributed by atoms with Gasteiger partial charge in [-0.15, -0.1) is 0 Å². The lowest BCUT2D eigenvalue weighted by molar-refractivity contribution is -0.186. The van der Waals surface area contributed by atoms with E-state index in [0.717, 1.165) is 0 Å². The largest absolute Gasteiger partial charge is 0.370 e. The van der Waals surface area contributed by atoms with E-state index in [9.17, 15) is 35.1 Å². The van der Waals surface area contributed by atoms with E-state index in [4.69, 9.17) is 0 Å². The van der Waals surface area contributed by atoms with Gasteiger partial charge in [-0.25, -0.2) is 17.6 Å². The fourth-order valence-corrected chi connectivity index (χ4v) is 0.744. The molecule has 0 fully saturated rings. The predicted molar refractivity (Wildman–Crippen MR) is 28.4 cm³/mol. The van der Waals surface area contributed by atoms with Crippen LogP contribution in [0.1, 0.15) is 0 Å². The van der Waals surface area contributed by atoms with Crippen molar-refractivity contribution < 1.29 is 35.1 Å². The van der Waals surface area contributed by atoms with Gasteiger partial charge < -0.3 is 0 Å². The van der Waals surface area contributed by atoms with E-state index in [-0.39, 0.29) is 0 Å². The van der Waals surface area contributed by atoms with E-state index >= 15 is 0 Å². The maximum atomic E-state index is 12.2. The second-order valence-corrected chi connectivity index (χ2v) is 2.40. The molecule has 14 heavy (non-hydrogen) atoms. The van der Waals surface area contributed by atoms with Gasteiger partial charge >= 0.3 is 11.8 Å². The van der Waals surface area contributed by atoms with Crippen LogP contribution in [0.5, 0.6) is 0 Å². The van der Waals surface area contributed by atoms with Gasteiger partial charge in [0.1, 0.15) is 0 Å². The molecule has 8 heteroatoms. The van der Waals surface area contributed by atoms with E-state index in [1.807, 2.05) is 0 Å². The first-order valence-electron chi connectivity index (χ1n) is 3.01. The maximum absolute atomic E-state index is 12.2. The van der Waals surface area contributed by atoms with Gasteiger partial charge in [0.2, 0.25) is 11.7 Å². The van der Waals surface area contributed by atoms with Crippen molar-refractivity contribution in [3.63, 3.8) is 0 Å². The SMILES string of the molecule is FC1=C(F)C(F)(F)C(F)(F)C(F)=C1F. The van der Waals surface area contributed by atoms with Crippen LogP contribution in [0.25, 0.3) is 0 Å². The van der Waals surface area contributed by atoms with Gasteiger partial charge in [-0.05, 0) is 0 Å². The minimum absolute atomic E-state index is 2.95. The fourth-order valence-electron chi connectivity index (χ4n) is 0.744. The Balaban J connectivity index is 3.48. The third kappa shape index (κ3) is 1.05. The summed E-state index contributed by atoms with van der Waals surface area (Å²) in [6, 6.07) is 0. The summed E-state index contributed by atoms with van der Waals surface area (Å²) in [6.07, 6.45) is 0. The fraction of sp³-hybridized carbons (Fsp3) is 0.333. The molecule has 0 aromatic carbocycles. The third-order valence-corrected chi connectivity index (χ3v) is 1.52. The molecule has 0 nitrogen and oxygen atoms in total. The zero-order valence-corrected chi connectivity index (χ0v) is 6.02. The van der Waals surface area contributed by atoms with Crippen LogP contribution in [-0.2, 0) is 0 Å². The van der Waals surface area contributed by atoms with Gasteiger partial charge in [0.15, 0.2) is 11.7 Å². The lowest BCUT2D eigenvalue weighted by atomic mass is 10.0. The van der Waals surface area contributed by atoms with Gasteiger partial charge in [-0.2, -0.15) is 17.6 Å². The molecule has 0 unspecified atom stereocenters. The van der Waals surface area contributed by atoms with Crippen LogP contribution in [0, 0.1) is 0 Å². The Morgan fingerprint density at radius 3 is 1.00 bits per heavy atom. The highest BCUT2D eigenvalue weighted by Crippen LogP contribution is 2.52. The van der Waals surface area contributed by atoms with E-state index in [0.29, 0.717) is 0 Å². The summed E-state index contributed by atoms with van der Waals surface area (Å²) in [5, 5.41) is 0. The zero-order chi connectivity index (χ0) is 11.3. The molecule has 0 saturated heterocycles. The lowest BCUT2D eigenvalue weighted by Crippen LogP contribution is -2.44. The highest BCUT2D eigenvalue weighted by molar-refractivity contribution is 5.39. The summed E-state index contributed by atoms with van der Waals surface area (Å²) < 4.78 is 97.1. The molecular weight excluding hydrogens is 224 g/mol. The molecule has 1 aliphatic rings. The molecule has 0 spiro atoms. The van der Waals surface area contributed by atoms with Gasteiger partial charge in [-0.1, -0.05) is 0 Å². The molecule has 0 aromatic rings.